The summed E-state index contributed by atoms with van der Waals surface area (Å²) in [4.78, 5) is 26.5. The summed E-state index contributed by atoms with van der Waals surface area (Å²) in [7, 11) is 0. The van der Waals surface area contributed by atoms with Crippen molar-refractivity contribution in [2.45, 2.75) is 22.9 Å². The van der Waals surface area contributed by atoms with E-state index in [0.717, 1.165) is 12.1 Å². The second-order valence-corrected chi connectivity index (χ2v) is 8.36. The van der Waals surface area contributed by atoms with Gasteiger partial charge in [-0.05, 0) is 42.4 Å². The summed E-state index contributed by atoms with van der Waals surface area (Å²) in [5.41, 5.74) is -3.30. The van der Waals surface area contributed by atoms with E-state index in [1.165, 1.54) is 18.6 Å². The minimum Gasteiger partial charge on any atom is -0.391 e. The Labute approximate surface area is 189 Å². The van der Waals surface area contributed by atoms with Crippen molar-refractivity contribution >= 4 is 29.2 Å². The summed E-state index contributed by atoms with van der Waals surface area (Å²) in [5.74, 6) is -1.17. The molecule has 1 atom stereocenters. The Hall–Kier alpha value is -3.25. The highest BCUT2D eigenvalue weighted by Crippen LogP contribution is 2.38. The van der Waals surface area contributed by atoms with Crippen LogP contribution in [0.15, 0.2) is 54.1 Å². The number of nitrogens with one attached hydrogen (secondary N) is 1. The number of carbonyl (C=O) groups excluding carboxylic acids is 1. The standard InChI is InChI=1S/C21H17F4N5O2S/c22-17-6-14(1-2-18(17)33-21(23,24)25)29-20(32)12-5-16(13-7-26-11-27-8-13)19(28-9-12)30-4-3-15(31)10-30/h1-2,5-9,11,15,31H,3-4,10H2,(H,29,32). The maximum atomic E-state index is 14.1. The SMILES string of the molecule is O=C(Nc1ccc(SC(F)(F)F)c(F)c1)c1cnc(N2CCC(O)C2)c(-c2cncnc2)c1. The van der Waals surface area contributed by atoms with Gasteiger partial charge in [-0.1, -0.05) is 0 Å². The van der Waals surface area contributed by atoms with Gasteiger partial charge in [0.05, 0.1) is 16.6 Å². The van der Waals surface area contributed by atoms with Crippen LogP contribution in [0.4, 0.5) is 29.1 Å². The molecule has 1 saturated heterocycles. The van der Waals surface area contributed by atoms with Crippen molar-refractivity contribution in [2.24, 2.45) is 0 Å². The summed E-state index contributed by atoms with van der Waals surface area (Å²) in [5, 5.41) is 12.4. The van der Waals surface area contributed by atoms with Gasteiger partial charge in [0.25, 0.3) is 5.91 Å². The molecule has 7 nitrogen and oxygen atoms in total. The average Bonchev–Trinajstić information content (AvgIpc) is 3.21. The van der Waals surface area contributed by atoms with E-state index < -0.39 is 40.0 Å². The number of thioether (sulfide) groups is 1. The van der Waals surface area contributed by atoms with Crippen molar-refractivity contribution < 1.29 is 27.5 Å². The first kappa shape index (κ1) is 22.9. The predicted molar refractivity (Wildman–Crippen MR) is 114 cm³/mol. The van der Waals surface area contributed by atoms with Gasteiger partial charge in [0.1, 0.15) is 18.0 Å². The van der Waals surface area contributed by atoms with E-state index in [0.29, 0.717) is 36.5 Å². The van der Waals surface area contributed by atoms with E-state index in [4.69, 9.17) is 0 Å². The normalized spacial score (nSPS) is 16.2. The molecule has 2 N–H and O–H groups in total. The number of pyridine rings is 1. The Morgan fingerprint density at radius 2 is 1.94 bits per heavy atom. The highest BCUT2D eigenvalue weighted by atomic mass is 32.2. The number of β-amino-alcohol motifs (C(OH)–C–C–N with tert-alkyl or cyclic N) is 1. The number of nitrogens with zero attached hydrogens (tertiary/aromatic N) is 4. The molecule has 0 radical (unpaired) electrons. The van der Waals surface area contributed by atoms with Crippen LogP contribution in [0, 0.1) is 5.82 Å². The Bertz CT molecular complexity index is 1160. The molecule has 1 aliphatic heterocycles. The first-order chi connectivity index (χ1) is 15.7. The third kappa shape index (κ3) is 5.57. The fourth-order valence-electron chi connectivity index (χ4n) is 3.41. The molecule has 0 spiro atoms. The average molecular weight is 479 g/mol. The number of hydrogen-bond donors (Lipinski definition) is 2. The number of aromatic nitrogens is 3. The first-order valence-corrected chi connectivity index (χ1v) is 10.6. The van der Waals surface area contributed by atoms with Crippen LogP contribution in [0.5, 0.6) is 0 Å². The van der Waals surface area contributed by atoms with E-state index in [9.17, 15) is 27.5 Å². The summed E-state index contributed by atoms with van der Waals surface area (Å²) in [6.07, 6.45) is 5.93. The van der Waals surface area contributed by atoms with E-state index >= 15 is 0 Å². The maximum absolute atomic E-state index is 14.1. The van der Waals surface area contributed by atoms with Gasteiger partial charge < -0.3 is 15.3 Å². The third-order valence-corrected chi connectivity index (χ3v) is 5.66. The summed E-state index contributed by atoms with van der Waals surface area (Å²) in [6.45, 7) is 0.975. The molecule has 1 amide bonds. The van der Waals surface area contributed by atoms with Gasteiger partial charge in [0.15, 0.2) is 0 Å². The molecule has 3 heterocycles. The monoisotopic (exact) mass is 479 g/mol. The molecular weight excluding hydrogens is 462 g/mol. The number of amides is 1. The van der Waals surface area contributed by atoms with Gasteiger partial charge in [0.2, 0.25) is 0 Å². The Morgan fingerprint density at radius 3 is 2.58 bits per heavy atom. The zero-order valence-electron chi connectivity index (χ0n) is 16.9. The molecule has 2 aromatic heterocycles. The lowest BCUT2D eigenvalue weighted by Gasteiger charge is -2.20. The van der Waals surface area contributed by atoms with Crippen LogP contribution in [0.2, 0.25) is 0 Å². The van der Waals surface area contributed by atoms with Gasteiger partial charge in [-0.2, -0.15) is 13.2 Å². The maximum Gasteiger partial charge on any atom is 0.446 e. The summed E-state index contributed by atoms with van der Waals surface area (Å²) in [6, 6.07) is 4.54. The molecule has 0 aliphatic carbocycles. The van der Waals surface area contributed by atoms with Gasteiger partial charge in [-0.15, -0.1) is 0 Å². The zero-order chi connectivity index (χ0) is 23.6. The van der Waals surface area contributed by atoms with Crippen molar-refractivity contribution in [1.82, 2.24) is 15.0 Å². The van der Waals surface area contributed by atoms with Crippen LogP contribution >= 0.6 is 11.8 Å². The lowest BCUT2D eigenvalue weighted by molar-refractivity contribution is -0.0329. The molecule has 12 heteroatoms. The molecule has 172 valence electrons. The van der Waals surface area contributed by atoms with Gasteiger partial charge in [-0.3, -0.25) is 4.79 Å². The summed E-state index contributed by atoms with van der Waals surface area (Å²) < 4.78 is 51.5. The quantitative estimate of drug-likeness (QED) is 0.420. The van der Waals surface area contributed by atoms with Crippen molar-refractivity contribution in [1.29, 1.82) is 0 Å². The van der Waals surface area contributed by atoms with Crippen molar-refractivity contribution in [3.63, 3.8) is 0 Å². The highest BCUT2D eigenvalue weighted by molar-refractivity contribution is 8.00. The smallest absolute Gasteiger partial charge is 0.391 e. The van der Waals surface area contributed by atoms with Crippen LogP contribution in [-0.2, 0) is 0 Å². The molecule has 1 fully saturated rings. The van der Waals surface area contributed by atoms with Crippen LogP contribution in [0.25, 0.3) is 11.1 Å². The highest BCUT2D eigenvalue weighted by Gasteiger charge is 2.31. The molecule has 1 aliphatic rings. The molecule has 0 saturated carbocycles. The van der Waals surface area contributed by atoms with Gasteiger partial charge >= 0.3 is 5.51 Å². The first-order valence-electron chi connectivity index (χ1n) is 9.75. The number of anilines is 2. The Balaban J connectivity index is 1.60. The lowest BCUT2D eigenvalue weighted by atomic mass is 10.1. The molecule has 1 aromatic carbocycles. The van der Waals surface area contributed by atoms with Gasteiger partial charge in [0, 0.05) is 48.5 Å². The zero-order valence-corrected chi connectivity index (χ0v) is 17.7. The number of aliphatic hydroxyl groups is 1. The topological polar surface area (TPSA) is 91.2 Å². The van der Waals surface area contributed by atoms with Crippen molar-refractivity contribution in [3.8, 4) is 11.1 Å². The number of hydrogen-bond acceptors (Lipinski definition) is 7. The van der Waals surface area contributed by atoms with Crippen LogP contribution < -0.4 is 10.2 Å². The number of benzene rings is 1. The second kappa shape index (κ2) is 9.32. The fourth-order valence-corrected chi connectivity index (χ4v) is 3.95. The Morgan fingerprint density at radius 1 is 1.18 bits per heavy atom. The van der Waals surface area contributed by atoms with Crippen molar-refractivity contribution in [3.05, 3.63) is 60.6 Å². The fraction of sp³-hybridized carbons (Fsp3) is 0.238. The summed E-state index contributed by atoms with van der Waals surface area (Å²) >= 11 is -0.567. The third-order valence-electron chi connectivity index (χ3n) is 4.88. The molecule has 0 bridgehead atoms. The Kier molecular flexibility index (Phi) is 6.47. The minimum atomic E-state index is -4.62. The molecule has 3 aromatic rings. The predicted octanol–water partition coefficient (Wildman–Crippen LogP) is 4.11. The number of alkyl halides is 3. The number of aliphatic hydroxyl groups excluding tert-OH is 1. The van der Waals surface area contributed by atoms with E-state index in [1.807, 2.05) is 4.90 Å². The molecule has 33 heavy (non-hydrogen) atoms. The van der Waals surface area contributed by atoms with Gasteiger partial charge in [-0.25, -0.2) is 19.3 Å². The number of halogens is 4. The van der Waals surface area contributed by atoms with Crippen molar-refractivity contribution in [2.75, 3.05) is 23.3 Å². The minimum absolute atomic E-state index is 0.000334. The van der Waals surface area contributed by atoms with Crippen LogP contribution in [0.3, 0.4) is 0 Å². The second-order valence-electron chi connectivity index (χ2n) is 7.26. The largest absolute Gasteiger partial charge is 0.446 e. The molecule has 1 unspecified atom stereocenters. The number of carbonyl (C=O) groups is 1. The van der Waals surface area contributed by atoms with Crippen LogP contribution in [0.1, 0.15) is 16.8 Å². The number of rotatable bonds is 5. The van der Waals surface area contributed by atoms with Crippen LogP contribution in [-0.4, -0.2) is 50.7 Å². The molecule has 4 rings (SSSR count). The van der Waals surface area contributed by atoms with E-state index in [-0.39, 0.29) is 11.3 Å². The molecular formula is C21H17F4N5O2S. The van der Waals surface area contributed by atoms with E-state index in [1.54, 1.807) is 18.5 Å². The van der Waals surface area contributed by atoms with E-state index in [2.05, 4.69) is 20.3 Å². The lowest BCUT2D eigenvalue weighted by Crippen LogP contribution is -2.23.